The van der Waals surface area contributed by atoms with E-state index in [1.54, 1.807) is 17.8 Å². The predicted octanol–water partition coefficient (Wildman–Crippen LogP) is 2.74. The first-order valence-corrected chi connectivity index (χ1v) is 6.73. The second-order valence-electron chi connectivity index (χ2n) is 4.95. The fourth-order valence-electron chi connectivity index (χ4n) is 2.10. The summed E-state index contributed by atoms with van der Waals surface area (Å²) >= 11 is 0. The molecule has 1 aromatic heterocycles. The summed E-state index contributed by atoms with van der Waals surface area (Å²) < 4.78 is 14.9. The van der Waals surface area contributed by atoms with E-state index in [0.717, 1.165) is 29.1 Å². The van der Waals surface area contributed by atoms with Gasteiger partial charge in [0.2, 0.25) is 11.7 Å². The van der Waals surface area contributed by atoms with Crippen LogP contribution in [-0.2, 0) is 11.8 Å². The van der Waals surface area contributed by atoms with Crippen molar-refractivity contribution in [2.75, 3.05) is 5.32 Å². The summed E-state index contributed by atoms with van der Waals surface area (Å²) in [6.07, 6.45) is 2.91. The Bertz CT molecular complexity index is 811. The van der Waals surface area contributed by atoms with E-state index in [1.807, 2.05) is 13.8 Å². The Morgan fingerprint density at radius 1 is 1.43 bits per heavy atom. The number of nitro benzene ring substituents is 1. The Morgan fingerprint density at radius 3 is 2.70 bits per heavy atom. The second kappa shape index (κ2) is 6.39. The van der Waals surface area contributed by atoms with Gasteiger partial charge < -0.3 is 5.32 Å². The molecule has 2 rings (SSSR count). The predicted molar refractivity (Wildman–Crippen MR) is 83.4 cm³/mol. The van der Waals surface area contributed by atoms with E-state index in [1.165, 1.54) is 12.1 Å². The van der Waals surface area contributed by atoms with Crippen LogP contribution in [0.1, 0.15) is 17.0 Å². The number of carbonyl (C=O) groups is 1. The van der Waals surface area contributed by atoms with E-state index >= 15 is 0 Å². The van der Waals surface area contributed by atoms with Gasteiger partial charge in [0, 0.05) is 36.1 Å². The van der Waals surface area contributed by atoms with Gasteiger partial charge in [0.05, 0.1) is 10.6 Å². The summed E-state index contributed by atoms with van der Waals surface area (Å²) in [5.41, 5.74) is 1.97. The topological polar surface area (TPSA) is 90.1 Å². The number of aryl methyl sites for hydroxylation is 2. The van der Waals surface area contributed by atoms with Gasteiger partial charge in [-0.15, -0.1) is 0 Å². The highest BCUT2D eigenvalue weighted by atomic mass is 19.1. The molecule has 2 aromatic rings. The normalized spacial score (nSPS) is 11.0. The van der Waals surface area contributed by atoms with Crippen LogP contribution in [0, 0.1) is 29.8 Å². The average Bonchev–Trinajstić information content (AvgIpc) is 2.72. The van der Waals surface area contributed by atoms with Crippen molar-refractivity contribution in [2.24, 2.45) is 7.05 Å². The van der Waals surface area contributed by atoms with Gasteiger partial charge in [0.25, 0.3) is 0 Å². The van der Waals surface area contributed by atoms with Crippen LogP contribution in [0.3, 0.4) is 0 Å². The van der Waals surface area contributed by atoms with Gasteiger partial charge in [-0.25, -0.2) is 0 Å². The number of hydrogen-bond donors (Lipinski definition) is 1. The van der Waals surface area contributed by atoms with Crippen LogP contribution < -0.4 is 5.32 Å². The SMILES string of the molecule is Cc1nn(C)c(C)c1C=CC(=O)Nc1ccc(F)c([N+](=O)[O-])c1. The molecule has 0 bridgehead atoms. The van der Waals surface area contributed by atoms with Crippen molar-refractivity contribution in [1.29, 1.82) is 0 Å². The number of halogens is 1. The standard InChI is InChI=1S/C15H15FN4O3/c1-9-12(10(2)19(3)18-9)5-7-15(21)17-11-4-6-13(16)14(8-11)20(22)23/h4-8H,1-3H3,(H,17,21). The third-order valence-corrected chi connectivity index (χ3v) is 3.38. The van der Waals surface area contributed by atoms with Crippen molar-refractivity contribution < 1.29 is 14.1 Å². The Labute approximate surface area is 131 Å². The van der Waals surface area contributed by atoms with Gasteiger partial charge in [-0.05, 0) is 32.1 Å². The molecular formula is C15H15FN4O3. The molecule has 0 atom stereocenters. The first-order valence-electron chi connectivity index (χ1n) is 6.73. The van der Waals surface area contributed by atoms with E-state index < -0.39 is 22.3 Å². The van der Waals surface area contributed by atoms with E-state index in [0.29, 0.717) is 0 Å². The molecule has 0 aliphatic rings. The zero-order chi connectivity index (χ0) is 17.1. The number of nitro groups is 1. The van der Waals surface area contributed by atoms with E-state index in [9.17, 15) is 19.3 Å². The van der Waals surface area contributed by atoms with Crippen LogP contribution in [-0.4, -0.2) is 20.6 Å². The van der Waals surface area contributed by atoms with Crippen molar-refractivity contribution in [3.8, 4) is 0 Å². The van der Waals surface area contributed by atoms with Crippen LogP contribution in [0.4, 0.5) is 15.8 Å². The second-order valence-corrected chi connectivity index (χ2v) is 4.95. The maximum Gasteiger partial charge on any atom is 0.306 e. The lowest BCUT2D eigenvalue weighted by Gasteiger charge is -2.02. The molecule has 0 unspecified atom stereocenters. The number of nitrogens with zero attached hydrogens (tertiary/aromatic N) is 3. The van der Waals surface area contributed by atoms with Crippen molar-refractivity contribution in [2.45, 2.75) is 13.8 Å². The maximum atomic E-state index is 13.2. The molecule has 0 fully saturated rings. The molecule has 1 heterocycles. The molecular weight excluding hydrogens is 303 g/mol. The number of nitrogens with one attached hydrogen (secondary N) is 1. The summed E-state index contributed by atoms with van der Waals surface area (Å²) in [6.45, 7) is 3.70. The number of hydrogen-bond acceptors (Lipinski definition) is 4. The smallest absolute Gasteiger partial charge is 0.306 e. The third kappa shape index (κ3) is 3.60. The fraction of sp³-hybridized carbons (Fsp3) is 0.200. The highest BCUT2D eigenvalue weighted by molar-refractivity contribution is 6.02. The molecule has 1 aromatic carbocycles. The molecule has 7 nitrogen and oxygen atoms in total. The van der Waals surface area contributed by atoms with Gasteiger partial charge in [-0.1, -0.05) is 0 Å². The number of benzene rings is 1. The molecule has 1 amide bonds. The number of carbonyl (C=O) groups excluding carboxylic acids is 1. The molecule has 0 aliphatic carbocycles. The van der Waals surface area contributed by atoms with Crippen molar-refractivity contribution >= 4 is 23.4 Å². The van der Waals surface area contributed by atoms with E-state index in [-0.39, 0.29) is 5.69 Å². The molecule has 120 valence electrons. The van der Waals surface area contributed by atoms with E-state index in [4.69, 9.17) is 0 Å². The van der Waals surface area contributed by atoms with Gasteiger partial charge in [-0.3, -0.25) is 19.6 Å². The molecule has 0 saturated heterocycles. The number of anilines is 1. The van der Waals surface area contributed by atoms with Crippen LogP contribution in [0.2, 0.25) is 0 Å². The van der Waals surface area contributed by atoms with Crippen LogP contribution in [0.15, 0.2) is 24.3 Å². The maximum absolute atomic E-state index is 13.2. The summed E-state index contributed by atoms with van der Waals surface area (Å²) in [5, 5.41) is 17.4. The summed E-state index contributed by atoms with van der Waals surface area (Å²) in [4.78, 5) is 21.7. The van der Waals surface area contributed by atoms with Crippen LogP contribution >= 0.6 is 0 Å². The third-order valence-electron chi connectivity index (χ3n) is 3.38. The van der Waals surface area contributed by atoms with Gasteiger partial charge in [0.1, 0.15) is 0 Å². The molecule has 0 saturated carbocycles. The van der Waals surface area contributed by atoms with Gasteiger partial charge in [-0.2, -0.15) is 9.49 Å². The minimum Gasteiger partial charge on any atom is -0.322 e. The molecule has 8 heteroatoms. The molecule has 0 aliphatic heterocycles. The first-order chi connectivity index (χ1) is 10.8. The quantitative estimate of drug-likeness (QED) is 0.533. The first kappa shape index (κ1) is 16.3. The van der Waals surface area contributed by atoms with Crippen LogP contribution in [0.25, 0.3) is 6.08 Å². The van der Waals surface area contributed by atoms with Gasteiger partial charge in [0.15, 0.2) is 0 Å². The highest BCUT2D eigenvalue weighted by Gasteiger charge is 2.15. The summed E-state index contributed by atoms with van der Waals surface area (Å²) in [7, 11) is 1.80. The Kier molecular flexibility index (Phi) is 4.54. The molecule has 1 N–H and O–H groups in total. The summed E-state index contributed by atoms with van der Waals surface area (Å²) in [6, 6.07) is 3.17. The lowest BCUT2D eigenvalue weighted by molar-refractivity contribution is -0.387. The number of amides is 1. The zero-order valence-corrected chi connectivity index (χ0v) is 12.8. The molecule has 0 spiro atoms. The Morgan fingerprint density at radius 2 is 2.13 bits per heavy atom. The van der Waals surface area contributed by atoms with Crippen molar-refractivity contribution in [3.05, 3.63) is 57.2 Å². The lowest BCUT2D eigenvalue weighted by atomic mass is 10.2. The lowest BCUT2D eigenvalue weighted by Crippen LogP contribution is -2.08. The highest BCUT2D eigenvalue weighted by Crippen LogP contribution is 2.21. The van der Waals surface area contributed by atoms with Crippen molar-refractivity contribution in [3.63, 3.8) is 0 Å². The monoisotopic (exact) mass is 318 g/mol. The van der Waals surface area contributed by atoms with Crippen molar-refractivity contribution in [1.82, 2.24) is 9.78 Å². The number of rotatable bonds is 4. The molecule has 23 heavy (non-hydrogen) atoms. The largest absolute Gasteiger partial charge is 0.322 e. The summed E-state index contributed by atoms with van der Waals surface area (Å²) in [5.74, 6) is -1.43. The average molecular weight is 318 g/mol. The minimum atomic E-state index is -0.954. The Balaban J connectivity index is 2.15. The van der Waals surface area contributed by atoms with E-state index in [2.05, 4.69) is 10.4 Å². The Hall–Kier alpha value is -3.03. The molecule has 0 radical (unpaired) electrons. The van der Waals surface area contributed by atoms with Crippen LogP contribution in [0.5, 0.6) is 0 Å². The fourth-order valence-corrected chi connectivity index (χ4v) is 2.10. The van der Waals surface area contributed by atoms with Gasteiger partial charge >= 0.3 is 5.69 Å². The number of aromatic nitrogens is 2. The zero-order valence-electron chi connectivity index (χ0n) is 12.8. The minimum absolute atomic E-state index is 0.146.